The lowest BCUT2D eigenvalue weighted by molar-refractivity contribution is -0.384. The molecule has 4 aromatic rings. The number of amides is 2. The number of nitrogens with zero attached hydrogens (tertiary/aromatic N) is 1. The number of halogens is 1. The fraction of sp³-hybridized carbons (Fsp3) is 0. The first-order chi connectivity index (χ1) is 14.9. The van der Waals surface area contributed by atoms with E-state index in [9.17, 15) is 19.7 Å². The molecule has 1 aromatic heterocycles. The fourth-order valence-corrected chi connectivity index (χ4v) is 3.18. The highest BCUT2D eigenvalue weighted by molar-refractivity contribution is 6.34. The molecule has 0 aliphatic rings. The minimum absolute atomic E-state index is 0.0265. The Bertz CT molecular complexity index is 1280. The van der Waals surface area contributed by atoms with Gasteiger partial charge in [0.05, 0.1) is 15.5 Å². The van der Waals surface area contributed by atoms with Crippen molar-refractivity contribution in [3.63, 3.8) is 0 Å². The van der Waals surface area contributed by atoms with Crippen LogP contribution in [0.15, 0.2) is 77.2 Å². The number of para-hydroxylation sites is 1. The third-order valence-corrected chi connectivity index (χ3v) is 4.77. The molecular formula is C22H14ClN3O5. The van der Waals surface area contributed by atoms with Crippen LogP contribution in [0.3, 0.4) is 0 Å². The first-order valence-corrected chi connectivity index (χ1v) is 9.44. The van der Waals surface area contributed by atoms with E-state index in [4.69, 9.17) is 16.0 Å². The molecule has 0 radical (unpaired) electrons. The summed E-state index contributed by atoms with van der Waals surface area (Å²) in [6.45, 7) is 0. The van der Waals surface area contributed by atoms with E-state index in [2.05, 4.69) is 10.6 Å². The van der Waals surface area contributed by atoms with Crippen molar-refractivity contribution >= 4 is 51.4 Å². The lowest BCUT2D eigenvalue weighted by Crippen LogP contribution is -2.13. The summed E-state index contributed by atoms with van der Waals surface area (Å²) in [6.07, 6.45) is 0. The monoisotopic (exact) mass is 435 g/mol. The zero-order chi connectivity index (χ0) is 22.0. The van der Waals surface area contributed by atoms with Gasteiger partial charge in [0.15, 0.2) is 5.76 Å². The van der Waals surface area contributed by atoms with Crippen molar-refractivity contribution in [1.82, 2.24) is 0 Å². The number of rotatable bonds is 5. The molecule has 0 saturated carbocycles. The Balaban J connectivity index is 1.42. The third kappa shape index (κ3) is 4.39. The molecule has 9 heteroatoms. The Morgan fingerprint density at radius 1 is 0.871 bits per heavy atom. The highest BCUT2D eigenvalue weighted by atomic mass is 35.5. The standard InChI is InChI=1S/C22H14ClN3O5/c23-18-12-16(26(29)30)9-10-17(18)21(27)24-14-5-7-15(8-6-14)25-22(28)20-11-13-3-1-2-4-19(13)31-20/h1-12H,(H,24,27)(H,25,28). The van der Waals surface area contributed by atoms with Crippen LogP contribution >= 0.6 is 11.6 Å². The molecule has 0 bridgehead atoms. The second-order valence-corrected chi connectivity index (χ2v) is 6.96. The van der Waals surface area contributed by atoms with Crippen molar-refractivity contribution in [2.24, 2.45) is 0 Å². The van der Waals surface area contributed by atoms with E-state index in [1.807, 2.05) is 18.2 Å². The van der Waals surface area contributed by atoms with E-state index in [0.29, 0.717) is 17.0 Å². The van der Waals surface area contributed by atoms with Gasteiger partial charge in [0.2, 0.25) is 0 Å². The topological polar surface area (TPSA) is 114 Å². The van der Waals surface area contributed by atoms with E-state index >= 15 is 0 Å². The highest BCUT2D eigenvalue weighted by Crippen LogP contribution is 2.24. The number of hydrogen-bond donors (Lipinski definition) is 2. The van der Waals surface area contributed by atoms with Gasteiger partial charge in [-0.1, -0.05) is 29.8 Å². The minimum atomic E-state index is -0.591. The number of nitrogens with one attached hydrogen (secondary N) is 2. The molecule has 0 atom stereocenters. The van der Waals surface area contributed by atoms with E-state index in [1.54, 1.807) is 36.4 Å². The van der Waals surface area contributed by atoms with Crippen molar-refractivity contribution < 1.29 is 18.9 Å². The van der Waals surface area contributed by atoms with Crippen LogP contribution in [-0.2, 0) is 0 Å². The molecule has 0 aliphatic heterocycles. The molecule has 2 N–H and O–H groups in total. The summed E-state index contributed by atoms with van der Waals surface area (Å²) < 4.78 is 5.54. The van der Waals surface area contributed by atoms with Crippen LogP contribution in [0.4, 0.5) is 17.1 Å². The van der Waals surface area contributed by atoms with Crippen molar-refractivity contribution in [3.05, 3.63) is 99.3 Å². The third-order valence-electron chi connectivity index (χ3n) is 4.46. The number of nitro groups is 1. The molecule has 0 aliphatic carbocycles. The smallest absolute Gasteiger partial charge is 0.291 e. The number of carbonyl (C=O) groups is 2. The number of fused-ring (bicyclic) bond motifs is 1. The summed E-state index contributed by atoms with van der Waals surface area (Å²) >= 11 is 5.98. The number of hydrogen-bond acceptors (Lipinski definition) is 5. The second-order valence-electron chi connectivity index (χ2n) is 6.56. The molecule has 0 fully saturated rings. The summed E-state index contributed by atoms with van der Waals surface area (Å²) in [5.74, 6) is -0.726. The summed E-state index contributed by atoms with van der Waals surface area (Å²) in [7, 11) is 0. The van der Waals surface area contributed by atoms with Crippen LogP contribution in [-0.4, -0.2) is 16.7 Å². The number of carbonyl (C=O) groups excluding carboxylic acids is 2. The summed E-state index contributed by atoms with van der Waals surface area (Å²) in [6, 6.07) is 19.0. The van der Waals surface area contributed by atoms with Crippen LogP contribution < -0.4 is 10.6 Å². The van der Waals surface area contributed by atoms with Gasteiger partial charge in [0.1, 0.15) is 5.58 Å². The lowest BCUT2D eigenvalue weighted by atomic mass is 10.2. The molecule has 4 rings (SSSR count). The normalized spacial score (nSPS) is 10.6. The van der Waals surface area contributed by atoms with Gasteiger partial charge in [0.25, 0.3) is 17.5 Å². The Morgan fingerprint density at radius 2 is 1.52 bits per heavy atom. The molecule has 1 heterocycles. The van der Waals surface area contributed by atoms with Crippen LogP contribution in [0.25, 0.3) is 11.0 Å². The molecule has 31 heavy (non-hydrogen) atoms. The molecule has 8 nitrogen and oxygen atoms in total. The Morgan fingerprint density at radius 3 is 2.13 bits per heavy atom. The Labute approximate surface area is 180 Å². The molecule has 0 unspecified atom stereocenters. The first-order valence-electron chi connectivity index (χ1n) is 9.06. The predicted molar refractivity (Wildman–Crippen MR) is 117 cm³/mol. The van der Waals surface area contributed by atoms with Gasteiger partial charge in [-0.3, -0.25) is 19.7 Å². The average molecular weight is 436 g/mol. The van der Waals surface area contributed by atoms with Crippen molar-refractivity contribution in [2.45, 2.75) is 0 Å². The Kier molecular flexibility index (Phi) is 5.38. The SMILES string of the molecule is O=C(Nc1ccc(NC(=O)c2ccc([N+](=O)[O-])cc2Cl)cc1)c1cc2ccccc2o1. The van der Waals surface area contributed by atoms with Gasteiger partial charge in [-0.05, 0) is 42.5 Å². The van der Waals surface area contributed by atoms with Crippen LogP contribution in [0.2, 0.25) is 5.02 Å². The maximum Gasteiger partial charge on any atom is 0.291 e. The van der Waals surface area contributed by atoms with Gasteiger partial charge in [-0.25, -0.2) is 0 Å². The Hall–Kier alpha value is -4.17. The lowest BCUT2D eigenvalue weighted by Gasteiger charge is -2.08. The number of non-ortho nitro benzene ring substituents is 1. The van der Waals surface area contributed by atoms with Gasteiger partial charge in [-0.15, -0.1) is 0 Å². The van der Waals surface area contributed by atoms with E-state index in [1.165, 1.54) is 12.1 Å². The molecule has 0 spiro atoms. The maximum absolute atomic E-state index is 12.4. The van der Waals surface area contributed by atoms with E-state index in [0.717, 1.165) is 11.5 Å². The summed E-state index contributed by atoms with van der Waals surface area (Å²) in [4.78, 5) is 35.0. The average Bonchev–Trinajstić information content (AvgIpc) is 3.19. The molecular weight excluding hydrogens is 422 g/mol. The van der Waals surface area contributed by atoms with Gasteiger partial charge in [-0.2, -0.15) is 0 Å². The van der Waals surface area contributed by atoms with E-state index in [-0.39, 0.29) is 22.0 Å². The number of anilines is 2. The minimum Gasteiger partial charge on any atom is -0.451 e. The van der Waals surface area contributed by atoms with Gasteiger partial charge >= 0.3 is 0 Å². The van der Waals surface area contributed by atoms with Crippen LogP contribution in [0.5, 0.6) is 0 Å². The molecule has 3 aromatic carbocycles. The first kappa shape index (κ1) is 20.1. The zero-order valence-corrected chi connectivity index (χ0v) is 16.6. The quantitative estimate of drug-likeness (QED) is 0.317. The van der Waals surface area contributed by atoms with Crippen LogP contribution in [0, 0.1) is 10.1 Å². The second kappa shape index (κ2) is 8.29. The largest absolute Gasteiger partial charge is 0.451 e. The van der Waals surface area contributed by atoms with Crippen molar-refractivity contribution in [3.8, 4) is 0 Å². The van der Waals surface area contributed by atoms with Crippen molar-refractivity contribution in [1.29, 1.82) is 0 Å². The summed E-state index contributed by atoms with van der Waals surface area (Å²) in [5.41, 5.74) is 1.49. The molecule has 0 saturated heterocycles. The van der Waals surface area contributed by atoms with Gasteiger partial charge < -0.3 is 15.1 Å². The van der Waals surface area contributed by atoms with Crippen LogP contribution in [0.1, 0.15) is 20.9 Å². The highest BCUT2D eigenvalue weighted by Gasteiger charge is 2.16. The molecule has 2 amide bonds. The van der Waals surface area contributed by atoms with Crippen molar-refractivity contribution in [2.75, 3.05) is 10.6 Å². The predicted octanol–water partition coefficient (Wildman–Crippen LogP) is 5.50. The number of furan rings is 1. The maximum atomic E-state index is 12.4. The van der Waals surface area contributed by atoms with E-state index < -0.39 is 16.7 Å². The number of benzene rings is 3. The fourth-order valence-electron chi connectivity index (χ4n) is 2.92. The van der Waals surface area contributed by atoms with Gasteiger partial charge in [0, 0.05) is 28.9 Å². The zero-order valence-electron chi connectivity index (χ0n) is 15.8. The summed E-state index contributed by atoms with van der Waals surface area (Å²) in [5, 5.41) is 17.0. The number of nitro benzene ring substituents is 1. The molecule has 154 valence electrons.